The number of alkyl halides is 3. The predicted molar refractivity (Wildman–Crippen MR) is 69.4 cm³/mol. The van der Waals surface area contributed by atoms with Crippen molar-refractivity contribution >= 4 is 5.82 Å². The van der Waals surface area contributed by atoms with Crippen LogP contribution in [0.1, 0.15) is 6.92 Å². The maximum atomic E-state index is 12.0. The van der Waals surface area contributed by atoms with Gasteiger partial charge in [-0.2, -0.15) is 0 Å². The Bertz CT molecular complexity index is 588. The topological polar surface area (TPSA) is 56.3 Å². The molecule has 0 amide bonds. The molecule has 5 nitrogen and oxygen atoms in total. The van der Waals surface area contributed by atoms with Gasteiger partial charge in [-0.1, -0.05) is 0 Å². The molecular formula is C13H12F3N3O2. The lowest BCUT2D eigenvalue weighted by atomic mass is 10.3. The van der Waals surface area contributed by atoms with Crippen LogP contribution >= 0.6 is 0 Å². The number of anilines is 1. The third-order valence-corrected chi connectivity index (χ3v) is 2.28. The number of ether oxygens (including phenoxy) is 2. The van der Waals surface area contributed by atoms with E-state index in [0.717, 1.165) is 12.1 Å². The van der Waals surface area contributed by atoms with Crippen molar-refractivity contribution in [3.8, 4) is 17.4 Å². The number of nitrogens with zero attached hydrogens (tertiary/aromatic N) is 2. The molecule has 0 aliphatic heterocycles. The van der Waals surface area contributed by atoms with E-state index < -0.39 is 6.36 Å². The van der Waals surface area contributed by atoms with Crippen molar-refractivity contribution in [2.45, 2.75) is 13.3 Å². The third-order valence-electron chi connectivity index (χ3n) is 2.28. The highest BCUT2D eigenvalue weighted by Gasteiger charge is 2.30. The summed E-state index contributed by atoms with van der Waals surface area (Å²) in [6.07, 6.45) is -3.38. The first-order chi connectivity index (χ1) is 9.96. The number of halogens is 3. The second-order valence-corrected chi connectivity index (χ2v) is 3.89. The molecule has 2 rings (SSSR count). The summed E-state index contributed by atoms with van der Waals surface area (Å²) in [5.74, 6) is 0.904. The zero-order valence-electron chi connectivity index (χ0n) is 11.0. The molecule has 0 aliphatic rings. The Kier molecular flexibility index (Phi) is 4.46. The summed E-state index contributed by atoms with van der Waals surface area (Å²) in [6.45, 7) is 2.61. The fourth-order valence-corrected chi connectivity index (χ4v) is 1.50. The molecule has 112 valence electrons. The van der Waals surface area contributed by atoms with Gasteiger partial charge in [0.25, 0.3) is 0 Å². The monoisotopic (exact) mass is 299 g/mol. The van der Waals surface area contributed by atoms with Crippen LogP contribution in [0.4, 0.5) is 19.0 Å². The second kappa shape index (κ2) is 6.29. The van der Waals surface area contributed by atoms with Crippen LogP contribution in [0, 0.1) is 0 Å². The zero-order chi connectivity index (χ0) is 15.3. The molecule has 0 unspecified atom stereocenters. The summed E-state index contributed by atoms with van der Waals surface area (Å²) in [5.41, 5.74) is 0. The first-order valence-corrected chi connectivity index (χ1v) is 6.06. The molecule has 2 aromatic rings. The van der Waals surface area contributed by atoms with Crippen LogP contribution in [-0.2, 0) is 0 Å². The van der Waals surface area contributed by atoms with Crippen LogP contribution in [-0.4, -0.2) is 22.9 Å². The minimum Gasteiger partial charge on any atom is -0.439 e. The van der Waals surface area contributed by atoms with Gasteiger partial charge in [-0.25, -0.2) is 9.97 Å². The maximum absolute atomic E-state index is 12.0. The maximum Gasteiger partial charge on any atom is 0.573 e. The summed E-state index contributed by atoms with van der Waals surface area (Å²) >= 11 is 0. The standard InChI is InChI=1S/C13H12F3N3O2/c1-2-17-11-7-12(19-8-18-11)20-9-3-5-10(6-4-9)21-13(14,15)16/h3-8H,2H2,1H3,(H,17,18,19). The first-order valence-electron chi connectivity index (χ1n) is 6.06. The molecule has 1 aromatic carbocycles. The highest BCUT2D eigenvalue weighted by atomic mass is 19.4. The van der Waals surface area contributed by atoms with Crippen molar-refractivity contribution in [2.24, 2.45) is 0 Å². The Hall–Kier alpha value is -2.51. The Morgan fingerprint density at radius 1 is 1.10 bits per heavy atom. The quantitative estimate of drug-likeness (QED) is 0.914. The number of hydrogen-bond acceptors (Lipinski definition) is 5. The van der Waals surface area contributed by atoms with Crippen LogP contribution in [0.2, 0.25) is 0 Å². The third kappa shape index (κ3) is 4.83. The van der Waals surface area contributed by atoms with Crippen molar-refractivity contribution in [1.29, 1.82) is 0 Å². The van der Waals surface area contributed by atoms with E-state index in [1.165, 1.54) is 18.5 Å². The lowest BCUT2D eigenvalue weighted by Gasteiger charge is -2.10. The lowest BCUT2D eigenvalue weighted by molar-refractivity contribution is -0.274. The van der Waals surface area contributed by atoms with Crippen molar-refractivity contribution in [3.05, 3.63) is 36.7 Å². The molecule has 1 heterocycles. The molecule has 0 fully saturated rings. The molecule has 0 saturated carbocycles. The van der Waals surface area contributed by atoms with E-state index in [1.54, 1.807) is 6.07 Å². The van der Waals surface area contributed by atoms with Crippen molar-refractivity contribution in [3.63, 3.8) is 0 Å². The van der Waals surface area contributed by atoms with E-state index in [0.29, 0.717) is 18.1 Å². The van der Waals surface area contributed by atoms with Gasteiger partial charge in [-0.05, 0) is 31.2 Å². The SMILES string of the molecule is CCNc1cc(Oc2ccc(OC(F)(F)F)cc2)ncn1. The minimum atomic E-state index is -4.71. The van der Waals surface area contributed by atoms with Gasteiger partial charge in [-0.15, -0.1) is 13.2 Å². The number of aromatic nitrogens is 2. The van der Waals surface area contributed by atoms with Crippen LogP contribution < -0.4 is 14.8 Å². The molecule has 21 heavy (non-hydrogen) atoms. The Labute approximate surface area is 118 Å². The molecular weight excluding hydrogens is 287 g/mol. The summed E-state index contributed by atoms with van der Waals surface area (Å²) in [6, 6.07) is 6.63. The summed E-state index contributed by atoms with van der Waals surface area (Å²) in [4.78, 5) is 7.89. The van der Waals surface area contributed by atoms with Gasteiger partial charge in [0.05, 0.1) is 0 Å². The van der Waals surface area contributed by atoms with Crippen LogP contribution in [0.3, 0.4) is 0 Å². The molecule has 8 heteroatoms. The van der Waals surface area contributed by atoms with E-state index in [1.807, 2.05) is 6.92 Å². The lowest BCUT2D eigenvalue weighted by Crippen LogP contribution is -2.16. The van der Waals surface area contributed by atoms with Gasteiger partial charge in [-0.3, -0.25) is 0 Å². The fraction of sp³-hybridized carbons (Fsp3) is 0.231. The Balaban J connectivity index is 2.04. The van der Waals surface area contributed by atoms with Crippen molar-refractivity contribution in [2.75, 3.05) is 11.9 Å². The van der Waals surface area contributed by atoms with Gasteiger partial charge >= 0.3 is 6.36 Å². The smallest absolute Gasteiger partial charge is 0.439 e. The average Bonchev–Trinajstić information content (AvgIpc) is 2.40. The van der Waals surface area contributed by atoms with E-state index in [2.05, 4.69) is 20.0 Å². The Morgan fingerprint density at radius 3 is 2.38 bits per heavy atom. The summed E-state index contributed by atoms with van der Waals surface area (Å²) in [7, 11) is 0. The van der Waals surface area contributed by atoms with E-state index in [-0.39, 0.29) is 11.6 Å². The highest BCUT2D eigenvalue weighted by Crippen LogP contribution is 2.26. The van der Waals surface area contributed by atoms with Crippen molar-refractivity contribution < 1.29 is 22.6 Å². The van der Waals surface area contributed by atoms with Gasteiger partial charge < -0.3 is 14.8 Å². The number of rotatable bonds is 5. The number of benzene rings is 1. The largest absolute Gasteiger partial charge is 0.573 e. The van der Waals surface area contributed by atoms with Crippen LogP contribution in [0.15, 0.2) is 36.7 Å². The molecule has 1 N–H and O–H groups in total. The molecule has 0 aliphatic carbocycles. The van der Waals surface area contributed by atoms with Gasteiger partial charge in [0.15, 0.2) is 0 Å². The molecule has 0 atom stereocenters. The fourth-order valence-electron chi connectivity index (χ4n) is 1.50. The number of hydrogen-bond donors (Lipinski definition) is 1. The number of nitrogens with one attached hydrogen (secondary N) is 1. The minimum absolute atomic E-state index is 0.283. The van der Waals surface area contributed by atoms with E-state index in [4.69, 9.17) is 4.74 Å². The molecule has 0 spiro atoms. The zero-order valence-corrected chi connectivity index (χ0v) is 11.0. The molecule has 0 saturated heterocycles. The summed E-state index contributed by atoms with van der Waals surface area (Å²) in [5, 5.41) is 2.99. The highest BCUT2D eigenvalue weighted by molar-refractivity contribution is 5.39. The van der Waals surface area contributed by atoms with Gasteiger partial charge in [0.2, 0.25) is 5.88 Å². The predicted octanol–water partition coefficient (Wildman–Crippen LogP) is 3.60. The van der Waals surface area contributed by atoms with Crippen molar-refractivity contribution in [1.82, 2.24) is 9.97 Å². The van der Waals surface area contributed by atoms with Gasteiger partial charge in [0, 0.05) is 12.6 Å². The van der Waals surface area contributed by atoms with E-state index >= 15 is 0 Å². The Morgan fingerprint density at radius 2 is 1.76 bits per heavy atom. The average molecular weight is 299 g/mol. The van der Waals surface area contributed by atoms with E-state index in [9.17, 15) is 13.2 Å². The first kappa shape index (κ1) is 14.9. The van der Waals surface area contributed by atoms with Crippen LogP contribution in [0.5, 0.6) is 17.4 Å². The summed E-state index contributed by atoms with van der Waals surface area (Å²) < 4.78 is 45.3. The second-order valence-electron chi connectivity index (χ2n) is 3.89. The molecule has 0 bridgehead atoms. The van der Waals surface area contributed by atoms with Crippen LogP contribution in [0.25, 0.3) is 0 Å². The molecule has 1 aromatic heterocycles. The molecule has 0 radical (unpaired) electrons. The normalized spacial score (nSPS) is 11.0. The van der Waals surface area contributed by atoms with Gasteiger partial charge in [0.1, 0.15) is 23.6 Å².